The third-order valence-electron chi connectivity index (χ3n) is 4.13. The summed E-state index contributed by atoms with van der Waals surface area (Å²) in [5, 5.41) is 12.0. The summed E-state index contributed by atoms with van der Waals surface area (Å²) in [7, 11) is 2.09. The highest BCUT2D eigenvalue weighted by Gasteiger charge is 2.42. The van der Waals surface area contributed by atoms with Crippen molar-refractivity contribution in [1.82, 2.24) is 4.90 Å². The second-order valence-electron chi connectivity index (χ2n) is 5.49. The highest BCUT2D eigenvalue weighted by Crippen LogP contribution is 2.39. The monoisotopic (exact) mass is 245 g/mol. The van der Waals surface area contributed by atoms with Gasteiger partial charge in [-0.1, -0.05) is 25.1 Å². The molecule has 0 spiro atoms. The van der Waals surface area contributed by atoms with Gasteiger partial charge in [-0.15, -0.1) is 0 Å². The number of piperidine rings is 1. The van der Waals surface area contributed by atoms with Crippen LogP contribution in [0.25, 0.3) is 11.0 Å². The molecule has 18 heavy (non-hydrogen) atoms. The van der Waals surface area contributed by atoms with Crippen molar-refractivity contribution in [2.45, 2.75) is 18.9 Å². The Morgan fingerprint density at radius 3 is 2.89 bits per heavy atom. The second-order valence-corrected chi connectivity index (χ2v) is 5.49. The molecule has 0 radical (unpaired) electrons. The van der Waals surface area contributed by atoms with E-state index in [9.17, 15) is 5.11 Å². The van der Waals surface area contributed by atoms with Gasteiger partial charge in [0.1, 0.15) is 16.9 Å². The second kappa shape index (κ2) is 4.11. The van der Waals surface area contributed by atoms with Crippen molar-refractivity contribution in [2.75, 3.05) is 20.1 Å². The molecule has 2 unspecified atom stereocenters. The fourth-order valence-electron chi connectivity index (χ4n) is 2.88. The fourth-order valence-corrected chi connectivity index (χ4v) is 2.88. The smallest absolute Gasteiger partial charge is 0.137 e. The number of rotatable bonds is 1. The number of aliphatic hydroxyl groups is 1. The number of benzene rings is 1. The number of fused-ring (bicyclic) bond motifs is 1. The van der Waals surface area contributed by atoms with E-state index in [2.05, 4.69) is 18.9 Å². The van der Waals surface area contributed by atoms with Crippen molar-refractivity contribution in [3.63, 3.8) is 0 Å². The first-order valence-corrected chi connectivity index (χ1v) is 6.49. The Kier molecular flexibility index (Phi) is 2.68. The molecule has 3 rings (SSSR count). The van der Waals surface area contributed by atoms with Crippen LogP contribution < -0.4 is 0 Å². The average molecular weight is 245 g/mol. The first-order valence-electron chi connectivity index (χ1n) is 6.49. The molecule has 96 valence electrons. The Morgan fingerprint density at radius 1 is 1.39 bits per heavy atom. The van der Waals surface area contributed by atoms with Gasteiger partial charge < -0.3 is 14.4 Å². The molecule has 0 bridgehead atoms. The lowest BCUT2D eigenvalue weighted by Gasteiger charge is -2.40. The molecule has 3 nitrogen and oxygen atoms in total. The minimum Gasteiger partial charge on any atom is -0.458 e. The zero-order valence-electron chi connectivity index (χ0n) is 10.9. The minimum absolute atomic E-state index is 0.178. The Bertz CT molecular complexity index is 529. The first kappa shape index (κ1) is 11.8. The van der Waals surface area contributed by atoms with Crippen LogP contribution in [0.4, 0.5) is 0 Å². The van der Waals surface area contributed by atoms with Gasteiger partial charge in [-0.05, 0) is 25.6 Å². The zero-order valence-corrected chi connectivity index (χ0v) is 10.9. The van der Waals surface area contributed by atoms with E-state index < -0.39 is 5.60 Å². The van der Waals surface area contributed by atoms with E-state index >= 15 is 0 Å². The van der Waals surface area contributed by atoms with Crippen molar-refractivity contribution < 1.29 is 9.52 Å². The van der Waals surface area contributed by atoms with Gasteiger partial charge in [0.2, 0.25) is 0 Å². The molecule has 1 aliphatic heterocycles. The van der Waals surface area contributed by atoms with Gasteiger partial charge in [0.15, 0.2) is 0 Å². The molecular weight excluding hydrogens is 226 g/mol. The Morgan fingerprint density at radius 2 is 2.17 bits per heavy atom. The standard InChI is InChI=1S/C15H19NO2/c1-11-10-16(2)8-7-15(11,17)14-9-12-5-3-4-6-13(12)18-14/h3-6,9,11,17H,7-8,10H2,1-2H3. The van der Waals surface area contributed by atoms with E-state index in [0.717, 1.165) is 30.5 Å². The van der Waals surface area contributed by atoms with Gasteiger partial charge in [-0.25, -0.2) is 0 Å². The largest absolute Gasteiger partial charge is 0.458 e. The lowest BCUT2D eigenvalue weighted by Crippen LogP contribution is -2.47. The molecule has 2 aromatic rings. The molecule has 2 atom stereocenters. The minimum atomic E-state index is -0.828. The van der Waals surface area contributed by atoms with E-state index in [4.69, 9.17) is 4.42 Å². The van der Waals surface area contributed by atoms with Crippen molar-refractivity contribution >= 4 is 11.0 Å². The van der Waals surface area contributed by atoms with Crippen LogP contribution in [-0.4, -0.2) is 30.1 Å². The van der Waals surface area contributed by atoms with Gasteiger partial charge >= 0.3 is 0 Å². The van der Waals surface area contributed by atoms with Crippen LogP contribution in [0.5, 0.6) is 0 Å². The van der Waals surface area contributed by atoms with E-state index in [1.54, 1.807) is 0 Å². The van der Waals surface area contributed by atoms with E-state index in [1.807, 2.05) is 30.3 Å². The lowest BCUT2D eigenvalue weighted by molar-refractivity contribution is -0.0798. The molecule has 0 amide bonds. The Labute approximate surface area is 107 Å². The topological polar surface area (TPSA) is 36.6 Å². The van der Waals surface area contributed by atoms with Gasteiger partial charge in [-0.3, -0.25) is 0 Å². The molecular formula is C15H19NO2. The van der Waals surface area contributed by atoms with Crippen LogP contribution in [0, 0.1) is 5.92 Å². The van der Waals surface area contributed by atoms with Crippen LogP contribution in [-0.2, 0) is 5.60 Å². The maximum Gasteiger partial charge on any atom is 0.137 e. The normalized spacial score (nSPS) is 29.8. The third kappa shape index (κ3) is 1.74. The first-order chi connectivity index (χ1) is 8.59. The number of hydrogen-bond acceptors (Lipinski definition) is 3. The van der Waals surface area contributed by atoms with Gasteiger partial charge in [-0.2, -0.15) is 0 Å². The van der Waals surface area contributed by atoms with E-state index in [-0.39, 0.29) is 5.92 Å². The molecule has 1 aliphatic rings. The van der Waals surface area contributed by atoms with Gasteiger partial charge in [0.25, 0.3) is 0 Å². The molecule has 1 N–H and O–H groups in total. The number of para-hydroxylation sites is 1. The average Bonchev–Trinajstić information content (AvgIpc) is 2.78. The van der Waals surface area contributed by atoms with Crippen LogP contribution in [0.15, 0.2) is 34.7 Å². The van der Waals surface area contributed by atoms with E-state index in [0.29, 0.717) is 5.76 Å². The maximum absolute atomic E-state index is 10.9. The number of nitrogens with zero attached hydrogens (tertiary/aromatic N) is 1. The van der Waals surface area contributed by atoms with Crippen molar-refractivity contribution in [3.8, 4) is 0 Å². The molecule has 0 saturated carbocycles. The number of hydrogen-bond donors (Lipinski definition) is 1. The predicted octanol–water partition coefficient (Wildman–Crippen LogP) is 2.59. The Hall–Kier alpha value is -1.32. The number of furan rings is 1. The van der Waals surface area contributed by atoms with Gasteiger partial charge in [0, 0.05) is 24.4 Å². The quantitative estimate of drug-likeness (QED) is 0.839. The van der Waals surface area contributed by atoms with Crippen molar-refractivity contribution in [3.05, 3.63) is 36.1 Å². The lowest BCUT2D eigenvalue weighted by atomic mass is 9.80. The summed E-state index contributed by atoms with van der Waals surface area (Å²) in [5.41, 5.74) is 0.0259. The van der Waals surface area contributed by atoms with Gasteiger partial charge in [0.05, 0.1) is 0 Å². The van der Waals surface area contributed by atoms with Crippen LogP contribution in [0.1, 0.15) is 19.1 Å². The molecule has 1 fully saturated rings. The molecule has 0 aliphatic carbocycles. The highest BCUT2D eigenvalue weighted by atomic mass is 16.4. The molecule has 2 heterocycles. The van der Waals surface area contributed by atoms with E-state index in [1.165, 1.54) is 0 Å². The molecule has 1 saturated heterocycles. The molecule has 1 aromatic heterocycles. The SMILES string of the molecule is CC1CN(C)CCC1(O)c1cc2ccccc2o1. The summed E-state index contributed by atoms with van der Waals surface area (Å²) in [6.45, 7) is 3.88. The van der Waals surface area contributed by atoms with Crippen LogP contribution >= 0.6 is 0 Å². The van der Waals surface area contributed by atoms with Crippen LogP contribution in [0.2, 0.25) is 0 Å². The van der Waals surface area contributed by atoms with Crippen molar-refractivity contribution in [2.24, 2.45) is 5.92 Å². The summed E-state index contributed by atoms with van der Waals surface area (Å²) in [4.78, 5) is 2.25. The highest BCUT2D eigenvalue weighted by molar-refractivity contribution is 5.77. The third-order valence-corrected chi connectivity index (χ3v) is 4.13. The molecule has 1 aromatic carbocycles. The van der Waals surface area contributed by atoms with Crippen molar-refractivity contribution in [1.29, 1.82) is 0 Å². The summed E-state index contributed by atoms with van der Waals surface area (Å²) in [6.07, 6.45) is 0.727. The summed E-state index contributed by atoms with van der Waals surface area (Å²) < 4.78 is 5.85. The fraction of sp³-hybridized carbons (Fsp3) is 0.467. The summed E-state index contributed by atoms with van der Waals surface area (Å²) in [5.74, 6) is 0.890. The zero-order chi connectivity index (χ0) is 12.8. The Balaban J connectivity index is 2.02. The maximum atomic E-state index is 10.9. The summed E-state index contributed by atoms with van der Waals surface area (Å²) >= 11 is 0. The van der Waals surface area contributed by atoms with Crippen LogP contribution in [0.3, 0.4) is 0 Å². The predicted molar refractivity (Wildman–Crippen MR) is 71.4 cm³/mol. The summed E-state index contributed by atoms with van der Waals surface area (Å²) in [6, 6.07) is 9.89. The molecule has 3 heteroatoms. The number of likely N-dealkylation sites (tertiary alicyclic amines) is 1.